The van der Waals surface area contributed by atoms with Crippen molar-refractivity contribution in [2.24, 2.45) is 0 Å². The van der Waals surface area contributed by atoms with E-state index < -0.39 is 41.0 Å². The Kier molecular flexibility index (Phi) is 9.21. The molecule has 3 aromatic rings. The maximum absolute atomic E-state index is 14.9. The first kappa shape index (κ1) is 29.6. The van der Waals surface area contributed by atoms with Gasteiger partial charge >= 0.3 is 12.2 Å². The van der Waals surface area contributed by atoms with Crippen molar-refractivity contribution in [2.75, 3.05) is 6.61 Å². The fraction of sp³-hybridized carbons (Fsp3) is 0.355. The first-order chi connectivity index (χ1) is 19.0. The Bertz CT molecular complexity index is 1330. The molecular weight excluding hydrogens is 540 g/mol. The molecule has 1 fully saturated rings. The highest BCUT2D eigenvalue weighted by atomic mass is 19.4. The molecule has 0 heterocycles. The number of ether oxygens (including phenoxy) is 1. The summed E-state index contributed by atoms with van der Waals surface area (Å²) in [6.45, 7) is 1.59. The van der Waals surface area contributed by atoms with Crippen molar-refractivity contribution in [3.63, 3.8) is 0 Å². The first-order valence-electron chi connectivity index (χ1n) is 13.1. The summed E-state index contributed by atoms with van der Waals surface area (Å²) in [4.78, 5) is 0. The third-order valence-corrected chi connectivity index (χ3v) is 7.42. The van der Waals surface area contributed by atoms with Gasteiger partial charge in [-0.1, -0.05) is 36.4 Å². The van der Waals surface area contributed by atoms with Gasteiger partial charge in [0.2, 0.25) is 5.83 Å². The van der Waals surface area contributed by atoms with Crippen molar-refractivity contribution in [3.05, 3.63) is 111 Å². The molecule has 40 heavy (non-hydrogen) atoms. The molecular formula is C31H28F8O. The molecule has 9 heteroatoms. The predicted molar refractivity (Wildman–Crippen MR) is 136 cm³/mol. The standard InChI is InChI=1S/C31H28F8O/c1-2-40-30(36)29(35)23-12-9-20(10-13-23)19-5-7-21(8-6-19)24-14-11-22(25(32)17-24)4-3-18-15-26(33)28(27(34)16-18)31(37,38)39/h9-17,19,21H,2-8H2,1H3. The Balaban J connectivity index is 1.35. The molecule has 0 aromatic heterocycles. The zero-order valence-electron chi connectivity index (χ0n) is 21.7. The van der Waals surface area contributed by atoms with Crippen LogP contribution in [0.3, 0.4) is 0 Å². The average Bonchev–Trinajstić information content (AvgIpc) is 2.91. The maximum atomic E-state index is 14.9. The summed E-state index contributed by atoms with van der Waals surface area (Å²) in [7, 11) is 0. The van der Waals surface area contributed by atoms with E-state index in [1.165, 1.54) is 18.2 Å². The van der Waals surface area contributed by atoms with E-state index in [4.69, 9.17) is 0 Å². The molecule has 0 N–H and O–H groups in total. The van der Waals surface area contributed by atoms with E-state index in [2.05, 4.69) is 4.74 Å². The number of rotatable bonds is 8. The van der Waals surface area contributed by atoms with Crippen molar-refractivity contribution in [1.29, 1.82) is 0 Å². The van der Waals surface area contributed by atoms with Crippen LogP contribution in [0.1, 0.15) is 77.8 Å². The largest absolute Gasteiger partial charge is 0.469 e. The smallest absolute Gasteiger partial charge is 0.422 e. The van der Waals surface area contributed by atoms with Gasteiger partial charge in [-0.25, -0.2) is 13.2 Å². The van der Waals surface area contributed by atoms with Crippen LogP contribution in [-0.4, -0.2) is 6.61 Å². The summed E-state index contributed by atoms with van der Waals surface area (Å²) in [5, 5.41) is 0. The van der Waals surface area contributed by atoms with Crippen LogP contribution in [0.5, 0.6) is 0 Å². The van der Waals surface area contributed by atoms with E-state index in [9.17, 15) is 35.1 Å². The van der Waals surface area contributed by atoms with Crippen molar-refractivity contribution in [2.45, 2.75) is 63.5 Å². The third kappa shape index (κ3) is 6.85. The molecule has 0 amide bonds. The minimum Gasteiger partial charge on any atom is -0.469 e. The van der Waals surface area contributed by atoms with E-state index in [-0.39, 0.29) is 42.4 Å². The van der Waals surface area contributed by atoms with Gasteiger partial charge in [0.05, 0.1) is 6.61 Å². The first-order valence-corrected chi connectivity index (χ1v) is 13.1. The fourth-order valence-electron chi connectivity index (χ4n) is 5.31. The molecule has 1 aliphatic rings. The van der Waals surface area contributed by atoms with Crippen molar-refractivity contribution >= 4 is 5.83 Å². The van der Waals surface area contributed by atoms with Crippen molar-refractivity contribution in [1.82, 2.24) is 0 Å². The lowest BCUT2D eigenvalue weighted by Crippen LogP contribution is -2.13. The molecule has 3 aromatic carbocycles. The Morgan fingerprint density at radius 3 is 1.82 bits per heavy atom. The lowest BCUT2D eigenvalue weighted by molar-refractivity contribution is -0.142. The van der Waals surface area contributed by atoms with Crippen molar-refractivity contribution < 1.29 is 39.9 Å². The molecule has 1 nitrogen and oxygen atoms in total. The van der Waals surface area contributed by atoms with E-state index in [1.807, 2.05) is 6.07 Å². The number of aryl methyl sites for hydroxylation is 2. The van der Waals surface area contributed by atoms with E-state index in [0.717, 1.165) is 36.8 Å². The summed E-state index contributed by atoms with van der Waals surface area (Å²) in [6, 6.07) is 11.5. The molecule has 0 atom stereocenters. The Morgan fingerprint density at radius 1 is 0.750 bits per heavy atom. The SMILES string of the molecule is CCOC(F)=C(F)c1ccc(C2CCC(c3ccc(CCc4cc(F)c(C(F)(F)F)c(F)c4)c(F)c3)CC2)cc1. The van der Waals surface area contributed by atoms with Gasteiger partial charge in [0.15, 0.2) is 0 Å². The molecule has 0 saturated heterocycles. The molecule has 0 radical (unpaired) electrons. The van der Waals surface area contributed by atoms with E-state index >= 15 is 0 Å². The quantitative estimate of drug-likeness (QED) is 0.194. The van der Waals surface area contributed by atoms with Gasteiger partial charge in [-0.05, 0) is 97.7 Å². The van der Waals surface area contributed by atoms with Crippen LogP contribution in [0.2, 0.25) is 0 Å². The summed E-state index contributed by atoms with van der Waals surface area (Å²) in [6.07, 6.45) is -1.80. The summed E-state index contributed by atoms with van der Waals surface area (Å²) in [5.74, 6) is -4.52. The highest BCUT2D eigenvalue weighted by Gasteiger charge is 2.37. The number of benzene rings is 3. The second-order valence-electron chi connectivity index (χ2n) is 9.97. The van der Waals surface area contributed by atoms with Crippen LogP contribution in [0, 0.1) is 17.5 Å². The molecule has 0 unspecified atom stereocenters. The molecule has 0 bridgehead atoms. The van der Waals surface area contributed by atoms with Crippen LogP contribution in [0.15, 0.2) is 60.6 Å². The third-order valence-electron chi connectivity index (χ3n) is 7.42. The average molecular weight is 569 g/mol. The number of hydrogen-bond donors (Lipinski definition) is 0. The van der Waals surface area contributed by atoms with Gasteiger partial charge < -0.3 is 4.74 Å². The molecule has 0 aliphatic heterocycles. The Labute approximate surface area is 227 Å². The van der Waals surface area contributed by atoms with Crippen LogP contribution in [0.25, 0.3) is 5.83 Å². The second-order valence-corrected chi connectivity index (χ2v) is 9.97. The molecule has 4 rings (SSSR count). The Hall–Kier alpha value is -3.36. The zero-order valence-corrected chi connectivity index (χ0v) is 21.7. The van der Waals surface area contributed by atoms with Gasteiger partial charge in [-0.2, -0.15) is 22.0 Å². The van der Waals surface area contributed by atoms with Crippen LogP contribution >= 0.6 is 0 Å². The molecule has 1 aliphatic carbocycles. The monoisotopic (exact) mass is 568 g/mol. The van der Waals surface area contributed by atoms with Crippen molar-refractivity contribution in [3.8, 4) is 0 Å². The molecule has 214 valence electrons. The van der Waals surface area contributed by atoms with Gasteiger partial charge in [0.1, 0.15) is 23.0 Å². The topological polar surface area (TPSA) is 9.23 Å². The van der Waals surface area contributed by atoms with E-state index in [0.29, 0.717) is 17.7 Å². The summed E-state index contributed by atoms with van der Waals surface area (Å²) >= 11 is 0. The normalized spacial score (nSPS) is 18.4. The minimum absolute atomic E-state index is 0.0102. The number of hydrogen-bond acceptors (Lipinski definition) is 1. The highest BCUT2D eigenvalue weighted by molar-refractivity contribution is 5.60. The highest BCUT2D eigenvalue weighted by Crippen LogP contribution is 2.41. The lowest BCUT2D eigenvalue weighted by Gasteiger charge is -2.29. The molecule has 1 saturated carbocycles. The lowest BCUT2D eigenvalue weighted by atomic mass is 9.76. The van der Waals surface area contributed by atoms with Gasteiger partial charge in [-0.3, -0.25) is 0 Å². The predicted octanol–water partition coefficient (Wildman–Crippen LogP) is 9.95. The second kappa shape index (κ2) is 12.4. The van der Waals surface area contributed by atoms with E-state index in [1.54, 1.807) is 25.1 Å². The van der Waals surface area contributed by atoms with Crippen LogP contribution in [0.4, 0.5) is 35.1 Å². The summed E-state index contributed by atoms with van der Waals surface area (Å²) in [5.41, 5.74) is 0.339. The van der Waals surface area contributed by atoms with Gasteiger partial charge in [0, 0.05) is 5.56 Å². The number of alkyl halides is 3. The zero-order chi connectivity index (χ0) is 29.0. The number of halogens is 8. The molecule has 0 spiro atoms. The minimum atomic E-state index is -5.14. The van der Waals surface area contributed by atoms with Crippen LogP contribution in [-0.2, 0) is 23.8 Å². The maximum Gasteiger partial charge on any atom is 0.422 e. The van der Waals surface area contributed by atoms with Gasteiger partial charge in [0.25, 0.3) is 0 Å². The fourth-order valence-corrected chi connectivity index (χ4v) is 5.31. The Morgan fingerprint density at radius 2 is 1.30 bits per heavy atom. The van der Waals surface area contributed by atoms with Crippen LogP contribution < -0.4 is 0 Å². The summed E-state index contributed by atoms with van der Waals surface area (Å²) < 4.78 is 113. The van der Waals surface area contributed by atoms with Gasteiger partial charge in [-0.15, -0.1) is 0 Å².